The molecule has 2 nitrogen and oxygen atoms in total. The number of nitrogens with one attached hydrogen (secondary N) is 1. The van der Waals surface area contributed by atoms with Crippen LogP contribution < -0.4 is 5.32 Å². The number of hydrogen-bond acceptors (Lipinski definition) is 3. The zero-order valence-electron chi connectivity index (χ0n) is 10.6. The van der Waals surface area contributed by atoms with Crippen molar-refractivity contribution in [3.63, 3.8) is 0 Å². The quantitative estimate of drug-likeness (QED) is 0.899. The minimum absolute atomic E-state index is 0.480. The highest BCUT2D eigenvalue weighted by Gasteiger charge is 2.07. The van der Waals surface area contributed by atoms with Gasteiger partial charge in [-0.25, -0.2) is 4.98 Å². The number of rotatable bonds is 5. The van der Waals surface area contributed by atoms with Crippen molar-refractivity contribution in [2.75, 3.05) is 0 Å². The smallest absolute Gasteiger partial charge is 0.0968 e. The third kappa shape index (κ3) is 3.80. The fraction of sp³-hybridized carbons (Fsp3) is 0.357. The van der Waals surface area contributed by atoms with Crippen molar-refractivity contribution in [3.05, 3.63) is 50.9 Å². The van der Waals surface area contributed by atoms with Gasteiger partial charge in [0.25, 0.3) is 0 Å². The van der Waals surface area contributed by atoms with E-state index in [1.165, 1.54) is 11.1 Å². The predicted octanol–water partition coefficient (Wildman–Crippen LogP) is 3.89. The van der Waals surface area contributed by atoms with Crippen LogP contribution in [0.3, 0.4) is 0 Å². The first kappa shape index (κ1) is 13.5. The average molecular weight is 281 g/mol. The number of thiazole rings is 1. The highest BCUT2D eigenvalue weighted by molar-refractivity contribution is 7.09. The average Bonchev–Trinajstić information content (AvgIpc) is 2.80. The molecule has 0 unspecified atom stereocenters. The lowest BCUT2D eigenvalue weighted by Crippen LogP contribution is -2.22. The van der Waals surface area contributed by atoms with Crippen LogP contribution in [0.4, 0.5) is 0 Å². The molecule has 2 aromatic rings. The summed E-state index contributed by atoms with van der Waals surface area (Å²) in [7, 11) is 0. The van der Waals surface area contributed by atoms with Gasteiger partial charge in [0.05, 0.1) is 5.01 Å². The number of halogens is 1. The molecule has 0 bridgehead atoms. The molecule has 0 saturated carbocycles. The van der Waals surface area contributed by atoms with Crippen molar-refractivity contribution in [2.45, 2.75) is 32.9 Å². The Bertz CT molecular complexity index is 495. The van der Waals surface area contributed by atoms with E-state index in [0.717, 1.165) is 23.0 Å². The molecule has 0 spiro atoms. The van der Waals surface area contributed by atoms with Gasteiger partial charge in [0.2, 0.25) is 0 Å². The Morgan fingerprint density at radius 3 is 2.83 bits per heavy atom. The molecule has 0 fully saturated rings. The van der Waals surface area contributed by atoms with E-state index in [2.05, 4.69) is 30.2 Å². The minimum Gasteiger partial charge on any atom is -0.310 e. The largest absolute Gasteiger partial charge is 0.310 e. The highest BCUT2D eigenvalue weighted by Crippen LogP contribution is 2.20. The Labute approximate surface area is 117 Å². The molecule has 0 amide bonds. The van der Waals surface area contributed by atoms with Gasteiger partial charge < -0.3 is 5.32 Å². The fourth-order valence-electron chi connectivity index (χ4n) is 1.75. The second kappa shape index (κ2) is 6.32. The van der Waals surface area contributed by atoms with Crippen molar-refractivity contribution in [1.82, 2.24) is 10.3 Å². The van der Waals surface area contributed by atoms with Crippen LogP contribution in [0.25, 0.3) is 0 Å². The number of hydrogen-bond donors (Lipinski definition) is 1. The monoisotopic (exact) mass is 280 g/mol. The van der Waals surface area contributed by atoms with Gasteiger partial charge in [-0.2, -0.15) is 0 Å². The molecule has 18 heavy (non-hydrogen) atoms. The van der Waals surface area contributed by atoms with Gasteiger partial charge in [0.1, 0.15) is 0 Å². The molecule has 1 N–H and O–H groups in total. The molecule has 1 heterocycles. The Morgan fingerprint density at radius 2 is 2.17 bits per heavy atom. The zero-order valence-corrected chi connectivity index (χ0v) is 12.2. The van der Waals surface area contributed by atoms with Gasteiger partial charge >= 0.3 is 0 Å². The second-order valence-corrected chi connectivity index (χ2v) is 5.97. The van der Waals surface area contributed by atoms with Crippen LogP contribution in [0, 0.1) is 0 Å². The molecule has 0 aliphatic carbocycles. The van der Waals surface area contributed by atoms with Gasteiger partial charge in [-0.1, -0.05) is 31.5 Å². The molecule has 96 valence electrons. The Balaban J connectivity index is 2.17. The number of benzene rings is 1. The van der Waals surface area contributed by atoms with Crippen LogP contribution in [0.1, 0.15) is 30.0 Å². The van der Waals surface area contributed by atoms with Crippen molar-refractivity contribution in [1.29, 1.82) is 0 Å². The zero-order chi connectivity index (χ0) is 13.0. The van der Waals surface area contributed by atoms with E-state index >= 15 is 0 Å². The molecule has 4 heteroatoms. The van der Waals surface area contributed by atoms with Crippen LogP contribution in [-0.4, -0.2) is 11.0 Å². The van der Waals surface area contributed by atoms with E-state index in [-0.39, 0.29) is 0 Å². The molecule has 1 aromatic heterocycles. The Morgan fingerprint density at radius 1 is 1.33 bits per heavy atom. The van der Waals surface area contributed by atoms with E-state index in [0.29, 0.717) is 6.04 Å². The first-order valence-corrected chi connectivity index (χ1v) is 7.30. The molecular formula is C14H17ClN2S. The summed E-state index contributed by atoms with van der Waals surface area (Å²) >= 11 is 7.76. The molecule has 0 aliphatic heterocycles. The van der Waals surface area contributed by atoms with Gasteiger partial charge in [-0.05, 0) is 23.3 Å². The summed E-state index contributed by atoms with van der Waals surface area (Å²) in [6.07, 6.45) is 2.70. The summed E-state index contributed by atoms with van der Waals surface area (Å²) in [5, 5.41) is 7.36. The fourth-order valence-corrected chi connectivity index (χ4v) is 2.58. The normalized spacial score (nSPS) is 11.1. The summed E-state index contributed by atoms with van der Waals surface area (Å²) in [5.41, 5.74) is 2.55. The Kier molecular flexibility index (Phi) is 4.75. The lowest BCUT2D eigenvalue weighted by molar-refractivity contribution is 0.587. The predicted molar refractivity (Wildman–Crippen MR) is 78.3 cm³/mol. The maximum Gasteiger partial charge on any atom is 0.0968 e. The van der Waals surface area contributed by atoms with Crippen LogP contribution in [0.2, 0.25) is 5.02 Å². The van der Waals surface area contributed by atoms with E-state index in [9.17, 15) is 0 Å². The third-order valence-corrected chi connectivity index (χ3v) is 3.71. The molecule has 0 aliphatic rings. The molecular weight excluding hydrogens is 264 g/mol. The number of aromatic nitrogens is 1. The standard InChI is InChI=1S/C14H17ClN2S/c1-10(2)17-9-11-3-4-13(15)7-12(11)8-14-16-5-6-18-14/h3-7,10,17H,8-9H2,1-2H3. The van der Waals surface area contributed by atoms with Crippen molar-refractivity contribution in [3.8, 4) is 0 Å². The molecule has 0 saturated heterocycles. The lowest BCUT2D eigenvalue weighted by Gasteiger charge is -2.12. The number of nitrogens with zero attached hydrogens (tertiary/aromatic N) is 1. The molecule has 0 atom stereocenters. The van der Waals surface area contributed by atoms with Gasteiger partial charge in [0, 0.05) is 35.6 Å². The van der Waals surface area contributed by atoms with Crippen molar-refractivity contribution >= 4 is 22.9 Å². The minimum atomic E-state index is 0.480. The van der Waals surface area contributed by atoms with E-state index in [4.69, 9.17) is 11.6 Å². The molecule has 1 aromatic carbocycles. The van der Waals surface area contributed by atoms with Crippen LogP contribution in [-0.2, 0) is 13.0 Å². The van der Waals surface area contributed by atoms with E-state index in [1.54, 1.807) is 11.3 Å². The maximum atomic E-state index is 6.08. The lowest BCUT2D eigenvalue weighted by atomic mass is 10.0. The first-order valence-electron chi connectivity index (χ1n) is 6.04. The second-order valence-electron chi connectivity index (χ2n) is 4.55. The highest BCUT2D eigenvalue weighted by atomic mass is 35.5. The topological polar surface area (TPSA) is 24.9 Å². The van der Waals surface area contributed by atoms with Gasteiger partial charge in [0.15, 0.2) is 0 Å². The van der Waals surface area contributed by atoms with Crippen molar-refractivity contribution < 1.29 is 0 Å². The Hall–Kier alpha value is -0.900. The summed E-state index contributed by atoms with van der Waals surface area (Å²) in [6.45, 7) is 5.17. The summed E-state index contributed by atoms with van der Waals surface area (Å²) < 4.78 is 0. The van der Waals surface area contributed by atoms with Gasteiger partial charge in [-0.15, -0.1) is 11.3 Å². The summed E-state index contributed by atoms with van der Waals surface area (Å²) in [6, 6.07) is 6.57. The third-order valence-electron chi connectivity index (χ3n) is 2.69. The maximum absolute atomic E-state index is 6.08. The van der Waals surface area contributed by atoms with E-state index < -0.39 is 0 Å². The van der Waals surface area contributed by atoms with Crippen molar-refractivity contribution in [2.24, 2.45) is 0 Å². The van der Waals surface area contributed by atoms with Crippen LogP contribution >= 0.6 is 22.9 Å². The summed E-state index contributed by atoms with van der Waals surface area (Å²) in [5.74, 6) is 0. The first-order chi connectivity index (χ1) is 8.65. The SMILES string of the molecule is CC(C)NCc1ccc(Cl)cc1Cc1nccs1. The van der Waals surface area contributed by atoms with Crippen LogP contribution in [0.5, 0.6) is 0 Å². The molecule has 2 rings (SSSR count). The molecule has 0 radical (unpaired) electrons. The van der Waals surface area contributed by atoms with Crippen LogP contribution in [0.15, 0.2) is 29.8 Å². The summed E-state index contributed by atoms with van der Waals surface area (Å²) in [4.78, 5) is 4.33. The van der Waals surface area contributed by atoms with E-state index in [1.807, 2.05) is 23.7 Å². The van der Waals surface area contributed by atoms with Gasteiger partial charge in [-0.3, -0.25) is 0 Å².